The van der Waals surface area contributed by atoms with Gasteiger partial charge in [-0.25, -0.2) is 0 Å². The summed E-state index contributed by atoms with van der Waals surface area (Å²) in [5, 5.41) is 0. The first-order valence-electron chi connectivity index (χ1n) is 6.33. The van der Waals surface area contributed by atoms with E-state index >= 15 is 0 Å². The highest BCUT2D eigenvalue weighted by Gasteiger charge is 2.36. The van der Waals surface area contributed by atoms with Gasteiger partial charge in [0.2, 0.25) is 0 Å². The molecule has 98 valence electrons. The van der Waals surface area contributed by atoms with Crippen molar-refractivity contribution >= 4 is 16.0 Å². The number of rotatable bonds is 3. The van der Waals surface area contributed by atoms with Crippen molar-refractivity contribution in [1.82, 2.24) is 8.61 Å². The summed E-state index contributed by atoms with van der Waals surface area (Å²) in [5.74, 6) is 0.0986. The van der Waals surface area contributed by atoms with E-state index in [2.05, 4.69) is 0 Å². The van der Waals surface area contributed by atoms with Crippen LogP contribution >= 0.6 is 0 Å². The van der Waals surface area contributed by atoms with Crippen LogP contribution in [0.2, 0.25) is 0 Å². The van der Waals surface area contributed by atoms with Crippen molar-refractivity contribution in [1.29, 1.82) is 0 Å². The van der Waals surface area contributed by atoms with E-state index < -0.39 is 10.2 Å². The average molecular weight is 260 g/mol. The zero-order valence-corrected chi connectivity index (χ0v) is 11.1. The Bertz CT molecular complexity index is 388. The van der Waals surface area contributed by atoms with Crippen LogP contribution in [0.3, 0.4) is 0 Å². The van der Waals surface area contributed by atoms with Gasteiger partial charge in [-0.2, -0.15) is 17.0 Å². The normalized spacial score (nSPS) is 28.8. The summed E-state index contributed by atoms with van der Waals surface area (Å²) < 4.78 is 27.6. The summed E-state index contributed by atoms with van der Waals surface area (Å²) in [6.45, 7) is 3.92. The first-order valence-corrected chi connectivity index (χ1v) is 7.73. The Morgan fingerprint density at radius 1 is 1.18 bits per heavy atom. The monoisotopic (exact) mass is 260 g/mol. The molecule has 0 aliphatic carbocycles. The minimum absolute atomic E-state index is 0.110. The van der Waals surface area contributed by atoms with E-state index in [4.69, 9.17) is 0 Å². The molecule has 1 atom stereocenters. The summed E-state index contributed by atoms with van der Waals surface area (Å²) in [6, 6.07) is 0. The second-order valence-electron chi connectivity index (χ2n) is 4.79. The van der Waals surface area contributed by atoms with Crippen LogP contribution in [-0.4, -0.2) is 49.0 Å². The van der Waals surface area contributed by atoms with E-state index in [1.165, 1.54) is 4.31 Å². The van der Waals surface area contributed by atoms with Gasteiger partial charge in [-0.15, -0.1) is 0 Å². The molecule has 2 aliphatic rings. The number of carbonyl (C=O) groups excluding carboxylic acids is 1. The van der Waals surface area contributed by atoms with Gasteiger partial charge in [0, 0.05) is 38.5 Å². The van der Waals surface area contributed by atoms with Crippen molar-refractivity contribution < 1.29 is 13.2 Å². The maximum Gasteiger partial charge on any atom is 0.282 e. The molecule has 0 N–H and O–H groups in total. The van der Waals surface area contributed by atoms with E-state index in [1.54, 1.807) is 4.31 Å². The summed E-state index contributed by atoms with van der Waals surface area (Å²) in [6.07, 6.45) is 2.99. The van der Waals surface area contributed by atoms with Crippen molar-refractivity contribution in [2.45, 2.75) is 32.6 Å². The molecule has 0 radical (unpaired) electrons. The Balaban J connectivity index is 2.09. The molecule has 0 aromatic rings. The van der Waals surface area contributed by atoms with Crippen LogP contribution in [0.4, 0.5) is 0 Å². The molecule has 0 bridgehead atoms. The minimum atomic E-state index is -3.31. The van der Waals surface area contributed by atoms with Crippen molar-refractivity contribution in [2.24, 2.45) is 5.92 Å². The van der Waals surface area contributed by atoms with Crippen LogP contribution < -0.4 is 0 Å². The lowest BCUT2D eigenvalue weighted by Crippen LogP contribution is -2.49. The molecule has 1 unspecified atom stereocenters. The van der Waals surface area contributed by atoms with E-state index in [9.17, 15) is 13.2 Å². The number of hydrogen-bond acceptors (Lipinski definition) is 3. The topological polar surface area (TPSA) is 57.7 Å². The lowest BCUT2D eigenvalue weighted by molar-refractivity contribution is -0.125. The number of Topliss-reactive ketones (excluding diaryl/α,β-unsaturated/α-hetero) is 1. The molecule has 0 aromatic carbocycles. The SMILES string of the molecule is CCC1CN(S(=O)(=O)N2CCCC2)CCC1=O. The summed E-state index contributed by atoms with van der Waals surface area (Å²) in [7, 11) is -3.31. The van der Waals surface area contributed by atoms with E-state index in [1.807, 2.05) is 6.92 Å². The molecule has 0 saturated carbocycles. The molecule has 2 rings (SSSR count). The molecule has 2 aliphatic heterocycles. The zero-order chi connectivity index (χ0) is 12.5. The lowest BCUT2D eigenvalue weighted by Gasteiger charge is -2.33. The van der Waals surface area contributed by atoms with Crippen molar-refractivity contribution in [2.75, 3.05) is 26.2 Å². The summed E-state index contributed by atoms with van der Waals surface area (Å²) >= 11 is 0. The number of nitrogens with zero attached hydrogens (tertiary/aromatic N) is 2. The fourth-order valence-electron chi connectivity index (χ4n) is 2.53. The van der Waals surface area contributed by atoms with Gasteiger partial charge in [0.15, 0.2) is 0 Å². The lowest BCUT2D eigenvalue weighted by atomic mass is 9.96. The van der Waals surface area contributed by atoms with Crippen LogP contribution in [0.1, 0.15) is 32.6 Å². The fourth-order valence-corrected chi connectivity index (χ4v) is 4.26. The van der Waals surface area contributed by atoms with Crippen LogP contribution in [0.15, 0.2) is 0 Å². The average Bonchev–Trinajstić information content (AvgIpc) is 2.83. The van der Waals surface area contributed by atoms with Gasteiger partial charge in [0.1, 0.15) is 5.78 Å². The van der Waals surface area contributed by atoms with Gasteiger partial charge >= 0.3 is 0 Å². The molecule has 2 fully saturated rings. The van der Waals surface area contributed by atoms with Crippen molar-refractivity contribution in [3.05, 3.63) is 0 Å². The van der Waals surface area contributed by atoms with E-state index in [0.29, 0.717) is 32.6 Å². The molecule has 2 heterocycles. The quantitative estimate of drug-likeness (QED) is 0.748. The molecule has 0 amide bonds. The molecule has 2 saturated heterocycles. The Hall–Kier alpha value is -0.460. The van der Waals surface area contributed by atoms with Gasteiger partial charge in [0.05, 0.1) is 0 Å². The van der Waals surface area contributed by atoms with Crippen molar-refractivity contribution in [3.8, 4) is 0 Å². The number of piperidine rings is 1. The Kier molecular flexibility index (Phi) is 3.85. The number of ketones is 1. The van der Waals surface area contributed by atoms with Crippen LogP contribution in [0.25, 0.3) is 0 Å². The number of hydrogen-bond donors (Lipinski definition) is 0. The molecular weight excluding hydrogens is 240 g/mol. The van der Waals surface area contributed by atoms with Crippen LogP contribution in [0, 0.1) is 5.92 Å². The summed E-state index contributed by atoms with van der Waals surface area (Å²) in [4.78, 5) is 11.6. The second-order valence-corrected chi connectivity index (χ2v) is 6.72. The van der Waals surface area contributed by atoms with Gasteiger partial charge in [-0.3, -0.25) is 4.79 Å². The third kappa shape index (κ3) is 2.53. The van der Waals surface area contributed by atoms with Gasteiger partial charge in [-0.05, 0) is 19.3 Å². The first-order chi connectivity index (χ1) is 8.05. The fraction of sp³-hybridized carbons (Fsp3) is 0.909. The second kappa shape index (κ2) is 5.04. The molecule has 17 heavy (non-hydrogen) atoms. The molecule has 5 nitrogen and oxygen atoms in total. The third-order valence-corrected chi connectivity index (χ3v) is 5.70. The standard InChI is InChI=1S/C11H20N2O3S/c1-2-10-9-13(8-5-11(10)14)17(15,16)12-6-3-4-7-12/h10H,2-9H2,1H3. The van der Waals surface area contributed by atoms with Crippen molar-refractivity contribution in [3.63, 3.8) is 0 Å². The third-order valence-electron chi connectivity index (χ3n) is 3.70. The van der Waals surface area contributed by atoms with Gasteiger partial charge < -0.3 is 0 Å². The molecule has 0 spiro atoms. The largest absolute Gasteiger partial charge is 0.299 e. The zero-order valence-electron chi connectivity index (χ0n) is 10.3. The molecule has 6 heteroatoms. The Morgan fingerprint density at radius 2 is 1.82 bits per heavy atom. The summed E-state index contributed by atoms with van der Waals surface area (Å²) in [5.41, 5.74) is 0. The highest BCUT2D eigenvalue weighted by molar-refractivity contribution is 7.86. The smallest absolute Gasteiger partial charge is 0.282 e. The van der Waals surface area contributed by atoms with Crippen LogP contribution in [-0.2, 0) is 15.0 Å². The van der Waals surface area contributed by atoms with Gasteiger partial charge in [0.25, 0.3) is 10.2 Å². The first kappa shape index (κ1) is 13.0. The van der Waals surface area contributed by atoms with Crippen LogP contribution in [0.5, 0.6) is 0 Å². The van der Waals surface area contributed by atoms with E-state index in [0.717, 1.165) is 19.3 Å². The molecule has 0 aromatic heterocycles. The Morgan fingerprint density at radius 3 is 2.41 bits per heavy atom. The predicted molar refractivity (Wildman–Crippen MR) is 64.7 cm³/mol. The molecular formula is C11H20N2O3S. The minimum Gasteiger partial charge on any atom is -0.299 e. The predicted octanol–water partition coefficient (Wildman–Crippen LogP) is 0.628. The number of carbonyl (C=O) groups is 1. The highest BCUT2D eigenvalue weighted by Crippen LogP contribution is 2.23. The highest BCUT2D eigenvalue weighted by atomic mass is 32.2. The van der Waals surface area contributed by atoms with E-state index in [-0.39, 0.29) is 11.7 Å². The van der Waals surface area contributed by atoms with Gasteiger partial charge in [-0.1, -0.05) is 6.92 Å². The maximum absolute atomic E-state index is 12.3. The maximum atomic E-state index is 12.3. The Labute approximate surface area is 103 Å².